The molecule has 0 unspecified atom stereocenters. The van der Waals surface area contributed by atoms with E-state index in [2.05, 4.69) is 0 Å². The summed E-state index contributed by atoms with van der Waals surface area (Å²) in [6.45, 7) is 4.07. The predicted molar refractivity (Wildman–Crippen MR) is 54.7 cm³/mol. The normalized spacial score (nSPS) is 30.6. The summed E-state index contributed by atoms with van der Waals surface area (Å²) in [6, 6.07) is -1.02. The number of aliphatic hydroxyl groups excluding tert-OH is 2. The number of hydrogen-bond donors (Lipinski definition) is 2. The predicted octanol–water partition coefficient (Wildman–Crippen LogP) is 0.297. The summed E-state index contributed by atoms with van der Waals surface area (Å²) in [6.07, 6.45) is -3.09. The van der Waals surface area contributed by atoms with Crippen LogP contribution >= 0.6 is 0 Å². The van der Waals surface area contributed by atoms with E-state index in [0.29, 0.717) is 0 Å². The number of rotatable bonds is 1. The molecule has 0 aromatic rings. The first kappa shape index (κ1) is 13.2. The van der Waals surface area contributed by atoms with Crippen LogP contribution in [0.25, 0.3) is 0 Å². The number of carbonyl (C=O) groups excluding carboxylic acids is 1. The largest absolute Gasteiger partial charge is 0.444 e. The van der Waals surface area contributed by atoms with Gasteiger partial charge in [0.15, 0.2) is 0 Å². The van der Waals surface area contributed by atoms with Crippen molar-refractivity contribution in [3.8, 4) is 0 Å². The highest BCUT2D eigenvalue weighted by Gasteiger charge is 2.43. The van der Waals surface area contributed by atoms with Crippen molar-refractivity contribution in [1.82, 2.24) is 4.90 Å². The Morgan fingerprint density at radius 2 is 2.06 bits per heavy atom. The van der Waals surface area contributed by atoms with Crippen molar-refractivity contribution in [3.63, 3.8) is 0 Å². The van der Waals surface area contributed by atoms with E-state index in [0.717, 1.165) is 4.90 Å². The van der Waals surface area contributed by atoms with Crippen LogP contribution in [-0.2, 0) is 4.74 Å². The summed E-state index contributed by atoms with van der Waals surface area (Å²) in [7, 11) is 0. The molecule has 3 atom stereocenters. The maximum atomic E-state index is 12.6. The molecule has 6 heteroatoms. The van der Waals surface area contributed by atoms with Crippen LogP contribution in [0.1, 0.15) is 20.8 Å². The number of likely N-dealkylation sites (tertiary alicyclic amines) is 1. The molecule has 1 amide bonds. The first-order valence-electron chi connectivity index (χ1n) is 5.18. The number of hydrogen-bond acceptors (Lipinski definition) is 4. The van der Waals surface area contributed by atoms with E-state index < -0.39 is 36.6 Å². The molecule has 1 heterocycles. The maximum absolute atomic E-state index is 12.6. The fraction of sp³-hybridized carbons (Fsp3) is 0.900. The molecule has 1 aliphatic heterocycles. The molecule has 1 fully saturated rings. The molecule has 94 valence electrons. The molecule has 1 rings (SSSR count). The molecule has 0 aromatic heterocycles. The van der Waals surface area contributed by atoms with Gasteiger partial charge in [-0.3, -0.25) is 4.90 Å². The van der Waals surface area contributed by atoms with Gasteiger partial charge in [0, 0.05) is 0 Å². The van der Waals surface area contributed by atoms with Crippen molar-refractivity contribution in [1.29, 1.82) is 0 Å². The zero-order valence-corrected chi connectivity index (χ0v) is 9.68. The van der Waals surface area contributed by atoms with Crippen LogP contribution in [0.2, 0.25) is 0 Å². The lowest BCUT2D eigenvalue weighted by Crippen LogP contribution is -2.43. The second-order valence-electron chi connectivity index (χ2n) is 4.91. The van der Waals surface area contributed by atoms with E-state index >= 15 is 0 Å². The van der Waals surface area contributed by atoms with Crippen molar-refractivity contribution >= 4 is 6.09 Å². The fourth-order valence-corrected chi connectivity index (χ4v) is 1.59. The zero-order chi connectivity index (χ0) is 12.5. The molecule has 0 radical (unpaired) electrons. The smallest absolute Gasteiger partial charge is 0.410 e. The quantitative estimate of drug-likeness (QED) is 0.685. The second kappa shape index (κ2) is 4.55. The van der Waals surface area contributed by atoms with Gasteiger partial charge in [-0.15, -0.1) is 0 Å². The third-order valence-electron chi connectivity index (χ3n) is 2.36. The van der Waals surface area contributed by atoms with E-state index in [4.69, 9.17) is 4.74 Å². The van der Waals surface area contributed by atoms with E-state index in [9.17, 15) is 19.4 Å². The zero-order valence-electron chi connectivity index (χ0n) is 9.68. The standard InChI is InChI=1S/C10H18FNO4/c1-10(2,3)16-9(15)12-5-7(13)8(14)6(12)4-11/h6-8,13-14H,4-5H2,1-3H3/t6-,7+,8-/m0/s1. The van der Waals surface area contributed by atoms with Crippen molar-refractivity contribution in [3.05, 3.63) is 0 Å². The highest BCUT2D eigenvalue weighted by atomic mass is 19.1. The van der Waals surface area contributed by atoms with E-state index in [1.54, 1.807) is 20.8 Å². The van der Waals surface area contributed by atoms with Crippen LogP contribution in [0.15, 0.2) is 0 Å². The molecule has 0 aromatic carbocycles. The van der Waals surface area contributed by atoms with Gasteiger partial charge >= 0.3 is 6.09 Å². The number of nitrogens with zero attached hydrogens (tertiary/aromatic N) is 1. The van der Waals surface area contributed by atoms with Gasteiger partial charge in [-0.1, -0.05) is 0 Å². The molecular formula is C10H18FNO4. The SMILES string of the molecule is CC(C)(C)OC(=O)N1C[C@@H](O)[C@@H](O)[C@@H]1CF. The number of ether oxygens (including phenoxy) is 1. The first-order valence-corrected chi connectivity index (χ1v) is 5.18. The molecule has 0 spiro atoms. The molecule has 0 aliphatic carbocycles. The number of halogens is 1. The minimum absolute atomic E-state index is 0.106. The molecule has 0 saturated carbocycles. The summed E-state index contributed by atoms with van der Waals surface area (Å²) in [5.41, 5.74) is -0.684. The summed E-state index contributed by atoms with van der Waals surface area (Å²) >= 11 is 0. The Morgan fingerprint density at radius 1 is 1.50 bits per heavy atom. The molecule has 1 aliphatic rings. The van der Waals surface area contributed by atoms with Gasteiger partial charge in [-0.05, 0) is 20.8 Å². The fourth-order valence-electron chi connectivity index (χ4n) is 1.59. The van der Waals surface area contributed by atoms with Crippen LogP contribution in [0.5, 0.6) is 0 Å². The Labute approximate surface area is 93.8 Å². The van der Waals surface area contributed by atoms with Gasteiger partial charge in [-0.2, -0.15) is 0 Å². The number of carbonyl (C=O) groups is 1. The van der Waals surface area contributed by atoms with Crippen LogP contribution in [0.3, 0.4) is 0 Å². The highest BCUT2D eigenvalue weighted by Crippen LogP contribution is 2.22. The first-order chi connectivity index (χ1) is 7.26. The van der Waals surface area contributed by atoms with Crippen LogP contribution in [0.4, 0.5) is 9.18 Å². The monoisotopic (exact) mass is 235 g/mol. The van der Waals surface area contributed by atoms with Crippen molar-refractivity contribution in [2.75, 3.05) is 13.2 Å². The molecule has 2 N–H and O–H groups in total. The van der Waals surface area contributed by atoms with Gasteiger partial charge in [-0.25, -0.2) is 9.18 Å². The van der Waals surface area contributed by atoms with Crippen molar-refractivity contribution < 1.29 is 24.1 Å². The summed E-state index contributed by atoms with van der Waals surface area (Å²) in [5.74, 6) is 0. The highest BCUT2D eigenvalue weighted by molar-refractivity contribution is 5.69. The van der Waals surface area contributed by atoms with Gasteiger partial charge in [0.25, 0.3) is 0 Å². The topological polar surface area (TPSA) is 70.0 Å². The number of β-amino-alcohol motifs (C(OH)–C–C–N with tert-alkyl or cyclic N) is 1. The summed E-state index contributed by atoms with van der Waals surface area (Å²) < 4.78 is 17.7. The number of aliphatic hydroxyl groups is 2. The molecule has 5 nitrogen and oxygen atoms in total. The lowest BCUT2D eigenvalue weighted by atomic mass is 10.1. The Bertz CT molecular complexity index is 266. The minimum atomic E-state index is -1.25. The lowest BCUT2D eigenvalue weighted by Gasteiger charge is -2.27. The average molecular weight is 235 g/mol. The van der Waals surface area contributed by atoms with Gasteiger partial charge in [0.2, 0.25) is 0 Å². The summed E-state index contributed by atoms with van der Waals surface area (Å²) in [4.78, 5) is 12.7. The Kier molecular flexibility index (Phi) is 3.75. The third kappa shape index (κ3) is 2.82. The molecular weight excluding hydrogens is 217 g/mol. The van der Waals surface area contributed by atoms with E-state index in [-0.39, 0.29) is 6.54 Å². The Hall–Kier alpha value is -0.880. The van der Waals surface area contributed by atoms with E-state index in [1.807, 2.05) is 0 Å². The number of amides is 1. The van der Waals surface area contributed by atoms with Crippen molar-refractivity contribution in [2.45, 2.75) is 44.6 Å². The van der Waals surface area contributed by atoms with Crippen molar-refractivity contribution in [2.24, 2.45) is 0 Å². The summed E-state index contributed by atoms with van der Waals surface area (Å²) in [5, 5.41) is 18.8. The lowest BCUT2D eigenvalue weighted by molar-refractivity contribution is 0.00934. The molecule has 1 saturated heterocycles. The third-order valence-corrected chi connectivity index (χ3v) is 2.36. The second-order valence-corrected chi connectivity index (χ2v) is 4.91. The molecule has 0 bridgehead atoms. The average Bonchev–Trinajstić information content (AvgIpc) is 2.40. The van der Waals surface area contributed by atoms with Crippen LogP contribution in [0, 0.1) is 0 Å². The van der Waals surface area contributed by atoms with Gasteiger partial charge < -0.3 is 14.9 Å². The molecule has 16 heavy (non-hydrogen) atoms. The number of alkyl halides is 1. The van der Waals surface area contributed by atoms with Gasteiger partial charge in [0.1, 0.15) is 18.4 Å². The maximum Gasteiger partial charge on any atom is 0.410 e. The Balaban J connectivity index is 2.69. The van der Waals surface area contributed by atoms with E-state index in [1.165, 1.54) is 0 Å². The van der Waals surface area contributed by atoms with Crippen LogP contribution in [-0.4, -0.2) is 58.3 Å². The van der Waals surface area contributed by atoms with Crippen LogP contribution < -0.4 is 0 Å². The Morgan fingerprint density at radius 3 is 2.50 bits per heavy atom. The minimum Gasteiger partial charge on any atom is -0.444 e. The van der Waals surface area contributed by atoms with Gasteiger partial charge in [0.05, 0.1) is 18.7 Å².